The molecule has 114 valence electrons. The summed E-state index contributed by atoms with van der Waals surface area (Å²) in [5, 5.41) is 0. The number of methoxy groups -OCH3 is 2. The van der Waals surface area contributed by atoms with E-state index in [2.05, 4.69) is 0 Å². The third-order valence-corrected chi connectivity index (χ3v) is 3.51. The molecule has 0 aliphatic carbocycles. The van der Waals surface area contributed by atoms with Crippen molar-refractivity contribution >= 4 is 18.2 Å². The van der Waals surface area contributed by atoms with Crippen molar-refractivity contribution in [2.45, 2.75) is 19.8 Å². The first-order valence-corrected chi connectivity index (χ1v) is 6.56. The summed E-state index contributed by atoms with van der Waals surface area (Å²) in [6.45, 7) is 3.35. The lowest BCUT2D eigenvalue weighted by Gasteiger charge is -2.33. The van der Waals surface area contributed by atoms with Crippen molar-refractivity contribution < 1.29 is 23.9 Å². The Bertz CT molecular complexity index is 491. The fourth-order valence-corrected chi connectivity index (χ4v) is 2.41. The molecule has 0 aromatic heterocycles. The Morgan fingerprint density at radius 2 is 1.52 bits per heavy atom. The minimum absolute atomic E-state index is 0.670. The van der Waals surface area contributed by atoms with E-state index in [4.69, 9.17) is 9.47 Å². The fraction of sp³-hybridized carbons (Fsp3) is 0.438. The Labute approximate surface area is 124 Å². The van der Waals surface area contributed by atoms with Crippen LogP contribution in [0, 0.1) is 11.3 Å². The third kappa shape index (κ3) is 3.68. The summed E-state index contributed by atoms with van der Waals surface area (Å²) in [7, 11) is 2.41. The van der Waals surface area contributed by atoms with Crippen LogP contribution in [0.1, 0.15) is 25.3 Å². The Morgan fingerprint density at radius 1 is 1.05 bits per heavy atom. The monoisotopic (exact) mass is 292 g/mol. The number of rotatable bonds is 6. The summed E-state index contributed by atoms with van der Waals surface area (Å²) >= 11 is 0. The van der Waals surface area contributed by atoms with Gasteiger partial charge in [-0.2, -0.15) is 0 Å². The normalized spacial score (nSPS) is 12.6. The first-order chi connectivity index (χ1) is 9.88. The van der Waals surface area contributed by atoms with Crippen LogP contribution >= 0.6 is 0 Å². The van der Waals surface area contributed by atoms with Crippen LogP contribution in [0.2, 0.25) is 0 Å². The molecule has 0 amide bonds. The molecule has 5 heteroatoms. The van der Waals surface area contributed by atoms with Gasteiger partial charge in [-0.05, 0) is 5.56 Å². The minimum atomic E-state index is -1.19. The third-order valence-electron chi connectivity index (χ3n) is 3.51. The van der Waals surface area contributed by atoms with Gasteiger partial charge in [0, 0.05) is 11.3 Å². The maximum absolute atomic E-state index is 12.1. The molecule has 1 aromatic carbocycles. The van der Waals surface area contributed by atoms with Crippen molar-refractivity contribution in [2.24, 2.45) is 11.3 Å². The van der Waals surface area contributed by atoms with E-state index in [1.54, 1.807) is 38.1 Å². The number of carbonyl (C=O) groups excluding carboxylic acids is 3. The minimum Gasteiger partial charge on any atom is -0.468 e. The quantitative estimate of drug-likeness (QED) is 0.455. The first kappa shape index (κ1) is 16.9. The second-order valence-electron chi connectivity index (χ2n) is 5.35. The molecular weight excluding hydrogens is 272 g/mol. The fourth-order valence-electron chi connectivity index (χ4n) is 2.41. The standard InChI is InChI=1S/C16H20O5/c1-16(2,10-17)13(11-8-6-5-7-9-11)12(14(18)20-3)15(19)21-4/h5-10,12-13H,1-4H3. The van der Waals surface area contributed by atoms with E-state index in [0.717, 1.165) is 6.29 Å². The highest BCUT2D eigenvalue weighted by Gasteiger charge is 2.45. The molecule has 1 rings (SSSR count). The first-order valence-electron chi connectivity index (χ1n) is 6.56. The number of esters is 2. The van der Waals surface area contributed by atoms with Crippen molar-refractivity contribution in [1.29, 1.82) is 0 Å². The van der Waals surface area contributed by atoms with E-state index in [1.807, 2.05) is 6.07 Å². The van der Waals surface area contributed by atoms with Crippen LogP contribution in [0.5, 0.6) is 0 Å². The molecule has 0 spiro atoms. The van der Waals surface area contributed by atoms with Gasteiger partial charge < -0.3 is 14.3 Å². The molecule has 1 unspecified atom stereocenters. The number of hydrogen-bond donors (Lipinski definition) is 0. The molecule has 0 N–H and O–H groups in total. The van der Waals surface area contributed by atoms with E-state index >= 15 is 0 Å². The van der Waals surface area contributed by atoms with Gasteiger partial charge in [-0.25, -0.2) is 0 Å². The van der Waals surface area contributed by atoms with Crippen LogP contribution in [0.3, 0.4) is 0 Å². The summed E-state index contributed by atoms with van der Waals surface area (Å²) in [4.78, 5) is 35.6. The Kier molecular flexibility index (Phi) is 5.64. The largest absolute Gasteiger partial charge is 0.468 e. The Balaban J connectivity index is 3.43. The van der Waals surface area contributed by atoms with Crippen molar-refractivity contribution in [3.8, 4) is 0 Å². The molecule has 0 aliphatic rings. The molecule has 1 aromatic rings. The average Bonchev–Trinajstić information content (AvgIpc) is 2.51. The van der Waals surface area contributed by atoms with Crippen LogP contribution in [-0.4, -0.2) is 32.4 Å². The number of carbonyl (C=O) groups is 3. The summed E-state index contributed by atoms with van der Waals surface area (Å²) in [6, 6.07) is 8.94. The summed E-state index contributed by atoms with van der Waals surface area (Å²) in [6.07, 6.45) is 0.740. The predicted molar refractivity (Wildman–Crippen MR) is 76.6 cm³/mol. The van der Waals surface area contributed by atoms with Crippen molar-refractivity contribution in [1.82, 2.24) is 0 Å². The van der Waals surface area contributed by atoms with Gasteiger partial charge in [-0.15, -0.1) is 0 Å². The van der Waals surface area contributed by atoms with Gasteiger partial charge in [-0.3, -0.25) is 9.59 Å². The number of aldehydes is 1. The van der Waals surface area contributed by atoms with E-state index in [1.165, 1.54) is 14.2 Å². The molecule has 0 bridgehead atoms. The molecule has 0 aliphatic heterocycles. The van der Waals surface area contributed by atoms with Crippen LogP contribution in [0.15, 0.2) is 30.3 Å². The van der Waals surface area contributed by atoms with Gasteiger partial charge in [0.25, 0.3) is 0 Å². The zero-order chi connectivity index (χ0) is 16.0. The maximum atomic E-state index is 12.1. The predicted octanol–water partition coefficient (Wildman–Crippen LogP) is 1.96. The lowest BCUT2D eigenvalue weighted by atomic mass is 9.69. The van der Waals surface area contributed by atoms with Gasteiger partial charge in [-0.1, -0.05) is 44.2 Å². The van der Waals surface area contributed by atoms with Crippen molar-refractivity contribution in [3.05, 3.63) is 35.9 Å². The van der Waals surface area contributed by atoms with E-state index < -0.39 is 29.2 Å². The molecule has 1 atom stereocenters. The second-order valence-corrected chi connectivity index (χ2v) is 5.35. The lowest BCUT2D eigenvalue weighted by Crippen LogP contribution is -2.40. The van der Waals surface area contributed by atoms with Gasteiger partial charge in [0.1, 0.15) is 6.29 Å². The van der Waals surface area contributed by atoms with Gasteiger partial charge in [0.15, 0.2) is 5.92 Å². The Morgan fingerprint density at radius 3 is 1.90 bits per heavy atom. The number of hydrogen-bond acceptors (Lipinski definition) is 5. The molecule has 21 heavy (non-hydrogen) atoms. The zero-order valence-corrected chi connectivity index (χ0v) is 12.7. The van der Waals surface area contributed by atoms with Gasteiger partial charge in [0.2, 0.25) is 0 Å². The summed E-state index contributed by atoms with van der Waals surface area (Å²) in [5.74, 6) is -3.30. The molecular formula is C16H20O5. The second kappa shape index (κ2) is 7.02. The molecule has 0 heterocycles. The van der Waals surface area contributed by atoms with E-state index in [9.17, 15) is 14.4 Å². The molecule has 0 radical (unpaired) electrons. The van der Waals surface area contributed by atoms with Gasteiger partial charge >= 0.3 is 11.9 Å². The van der Waals surface area contributed by atoms with Crippen LogP contribution in [0.4, 0.5) is 0 Å². The van der Waals surface area contributed by atoms with Crippen molar-refractivity contribution in [3.63, 3.8) is 0 Å². The van der Waals surface area contributed by atoms with Crippen LogP contribution in [-0.2, 0) is 23.9 Å². The zero-order valence-electron chi connectivity index (χ0n) is 12.7. The average molecular weight is 292 g/mol. The highest BCUT2D eigenvalue weighted by molar-refractivity contribution is 5.96. The molecule has 0 fully saturated rings. The molecule has 0 saturated heterocycles. The van der Waals surface area contributed by atoms with E-state index in [-0.39, 0.29) is 0 Å². The number of benzene rings is 1. The molecule has 0 saturated carbocycles. The topological polar surface area (TPSA) is 69.7 Å². The number of ether oxygens (including phenoxy) is 2. The van der Waals surface area contributed by atoms with Crippen LogP contribution < -0.4 is 0 Å². The lowest BCUT2D eigenvalue weighted by molar-refractivity contribution is -0.161. The smallest absolute Gasteiger partial charge is 0.320 e. The molecule has 5 nitrogen and oxygen atoms in total. The summed E-state index contributed by atoms with van der Waals surface area (Å²) < 4.78 is 9.44. The van der Waals surface area contributed by atoms with Crippen LogP contribution in [0.25, 0.3) is 0 Å². The Hall–Kier alpha value is -2.17. The highest BCUT2D eigenvalue weighted by atomic mass is 16.5. The highest BCUT2D eigenvalue weighted by Crippen LogP contribution is 2.40. The van der Waals surface area contributed by atoms with E-state index in [0.29, 0.717) is 5.56 Å². The SMILES string of the molecule is COC(=O)C(C(=O)OC)C(c1ccccc1)C(C)(C)C=O. The van der Waals surface area contributed by atoms with Gasteiger partial charge in [0.05, 0.1) is 14.2 Å². The van der Waals surface area contributed by atoms with Crippen molar-refractivity contribution in [2.75, 3.05) is 14.2 Å². The maximum Gasteiger partial charge on any atom is 0.320 e. The summed E-state index contributed by atoms with van der Waals surface area (Å²) in [5.41, 5.74) is -0.232.